The Kier molecular flexibility index (Phi) is 4.16. The second-order valence-corrected chi connectivity index (χ2v) is 5.26. The van der Waals surface area contributed by atoms with Gasteiger partial charge in [0.2, 0.25) is 0 Å². The van der Waals surface area contributed by atoms with Crippen LogP contribution in [0, 0.1) is 6.92 Å². The van der Waals surface area contributed by atoms with Crippen LogP contribution in [-0.2, 0) is 4.74 Å². The molecular weight excluding hydrogens is 316 g/mol. The van der Waals surface area contributed by atoms with Crippen molar-refractivity contribution in [3.8, 4) is 0 Å². The standard InChI is InChI=1S/C16H15ClN4O2/c1-3-23-16(22)11-5-4-6-12(9-11)19-15-10(2)14(17)20-13-7-8-18-21(13)15/h4-9,19H,3H2,1-2H3. The van der Waals surface area contributed by atoms with E-state index in [-0.39, 0.29) is 5.97 Å². The number of carbonyl (C=O) groups is 1. The molecule has 2 aromatic heterocycles. The van der Waals surface area contributed by atoms with E-state index in [9.17, 15) is 4.79 Å². The molecule has 0 bridgehead atoms. The minimum atomic E-state index is -0.357. The summed E-state index contributed by atoms with van der Waals surface area (Å²) in [6, 6.07) is 8.84. The summed E-state index contributed by atoms with van der Waals surface area (Å²) in [6.45, 7) is 3.97. The molecule has 0 radical (unpaired) electrons. The molecule has 23 heavy (non-hydrogen) atoms. The zero-order chi connectivity index (χ0) is 16.4. The van der Waals surface area contributed by atoms with Crippen LogP contribution in [-0.4, -0.2) is 27.2 Å². The highest BCUT2D eigenvalue weighted by molar-refractivity contribution is 6.30. The summed E-state index contributed by atoms with van der Waals surface area (Å²) in [5, 5.41) is 7.90. The Balaban J connectivity index is 2.00. The van der Waals surface area contributed by atoms with Crippen molar-refractivity contribution in [3.63, 3.8) is 0 Å². The zero-order valence-electron chi connectivity index (χ0n) is 12.7. The van der Waals surface area contributed by atoms with Crippen LogP contribution >= 0.6 is 11.6 Å². The molecule has 1 aromatic carbocycles. The third-order valence-corrected chi connectivity index (χ3v) is 3.72. The molecule has 0 spiro atoms. The number of ether oxygens (including phenoxy) is 1. The molecule has 0 fully saturated rings. The van der Waals surface area contributed by atoms with Gasteiger partial charge in [-0.3, -0.25) is 0 Å². The van der Waals surface area contributed by atoms with Crippen LogP contribution in [0.4, 0.5) is 11.5 Å². The molecule has 3 rings (SSSR count). The lowest BCUT2D eigenvalue weighted by Crippen LogP contribution is -2.07. The predicted molar refractivity (Wildman–Crippen MR) is 88.4 cm³/mol. The average molecular weight is 331 g/mol. The van der Waals surface area contributed by atoms with Crippen LogP contribution in [0.5, 0.6) is 0 Å². The molecule has 0 saturated carbocycles. The van der Waals surface area contributed by atoms with E-state index in [0.29, 0.717) is 28.8 Å². The molecule has 1 N–H and O–H groups in total. The van der Waals surface area contributed by atoms with Crippen LogP contribution in [0.3, 0.4) is 0 Å². The quantitative estimate of drug-likeness (QED) is 0.584. The molecule has 0 aliphatic carbocycles. The number of fused-ring (bicyclic) bond motifs is 1. The molecule has 0 unspecified atom stereocenters. The lowest BCUT2D eigenvalue weighted by atomic mass is 10.2. The second kappa shape index (κ2) is 6.26. The first-order valence-corrected chi connectivity index (χ1v) is 7.52. The number of rotatable bonds is 4. The third-order valence-electron chi connectivity index (χ3n) is 3.35. The van der Waals surface area contributed by atoms with Gasteiger partial charge in [0, 0.05) is 17.3 Å². The predicted octanol–water partition coefficient (Wildman–Crippen LogP) is 3.61. The largest absolute Gasteiger partial charge is 0.462 e. The Morgan fingerprint density at radius 2 is 2.22 bits per heavy atom. The van der Waals surface area contributed by atoms with Gasteiger partial charge in [-0.2, -0.15) is 9.61 Å². The number of hydrogen-bond acceptors (Lipinski definition) is 5. The summed E-state index contributed by atoms with van der Waals surface area (Å²) in [6.07, 6.45) is 1.65. The maximum Gasteiger partial charge on any atom is 0.338 e. The fourth-order valence-electron chi connectivity index (χ4n) is 2.22. The highest BCUT2D eigenvalue weighted by Gasteiger charge is 2.13. The lowest BCUT2D eigenvalue weighted by Gasteiger charge is -2.13. The topological polar surface area (TPSA) is 68.5 Å². The van der Waals surface area contributed by atoms with Crippen molar-refractivity contribution >= 4 is 34.7 Å². The number of aromatic nitrogens is 3. The Bertz CT molecular complexity index is 876. The molecule has 0 aliphatic rings. The summed E-state index contributed by atoms with van der Waals surface area (Å²) in [5.41, 5.74) is 2.62. The highest BCUT2D eigenvalue weighted by atomic mass is 35.5. The molecule has 118 valence electrons. The van der Waals surface area contributed by atoms with Crippen molar-refractivity contribution in [3.05, 3.63) is 52.8 Å². The van der Waals surface area contributed by atoms with Crippen LogP contribution in [0.2, 0.25) is 5.15 Å². The van der Waals surface area contributed by atoms with Crippen LogP contribution in [0.15, 0.2) is 36.5 Å². The number of esters is 1. The van der Waals surface area contributed by atoms with E-state index >= 15 is 0 Å². The monoisotopic (exact) mass is 330 g/mol. The van der Waals surface area contributed by atoms with E-state index in [1.165, 1.54) is 0 Å². The van der Waals surface area contributed by atoms with Gasteiger partial charge in [0.05, 0.1) is 18.4 Å². The van der Waals surface area contributed by atoms with Crippen LogP contribution in [0.25, 0.3) is 5.65 Å². The van der Waals surface area contributed by atoms with E-state index in [1.807, 2.05) is 13.0 Å². The molecule has 6 nitrogen and oxygen atoms in total. The van der Waals surface area contributed by atoms with E-state index in [1.54, 1.807) is 41.9 Å². The van der Waals surface area contributed by atoms with Crippen molar-refractivity contribution in [2.75, 3.05) is 11.9 Å². The first-order valence-electron chi connectivity index (χ1n) is 7.14. The third kappa shape index (κ3) is 2.98. The van der Waals surface area contributed by atoms with Crippen LogP contribution < -0.4 is 5.32 Å². The number of carbonyl (C=O) groups excluding carboxylic acids is 1. The highest BCUT2D eigenvalue weighted by Crippen LogP contribution is 2.26. The summed E-state index contributed by atoms with van der Waals surface area (Å²) in [5.74, 6) is 0.343. The van der Waals surface area contributed by atoms with Gasteiger partial charge in [0.15, 0.2) is 5.65 Å². The van der Waals surface area contributed by atoms with Crippen molar-refractivity contribution in [1.29, 1.82) is 0 Å². The van der Waals surface area contributed by atoms with Gasteiger partial charge >= 0.3 is 5.97 Å². The fraction of sp³-hybridized carbons (Fsp3) is 0.188. The minimum absolute atomic E-state index is 0.337. The van der Waals surface area contributed by atoms with Crippen molar-refractivity contribution in [1.82, 2.24) is 14.6 Å². The van der Waals surface area contributed by atoms with Crippen molar-refractivity contribution < 1.29 is 9.53 Å². The Morgan fingerprint density at radius 1 is 1.39 bits per heavy atom. The number of halogens is 1. The van der Waals surface area contributed by atoms with Crippen molar-refractivity contribution in [2.45, 2.75) is 13.8 Å². The Morgan fingerprint density at radius 3 is 3.00 bits per heavy atom. The number of benzene rings is 1. The molecule has 0 aliphatic heterocycles. The van der Waals surface area contributed by atoms with Crippen molar-refractivity contribution in [2.24, 2.45) is 0 Å². The normalized spacial score (nSPS) is 10.7. The molecular formula is C16H15ClN4O2. The summed E-state index contributed by atoms with van der Waals surface area (Å²) in [7, 11) is 0. The molecule has 0 amide bonds. The smallest absolute Gasteiger partial charge is 0.338 e. The second-order valence-electron chi connectivity index (χ2n) is 4.90. The number of anilines is 2. The van der Waals surface area contributed by atoms with Gasteiger partial charge in [-0.25, -0.2) is 9.78 Å². The number of hydrogen-bond donors (Lipinski definition) is 1. The van der Waals surface area contributed by atoms with Gasteiger partial charge in [0.1, 0.15) is 11.0 Å². The molecule has 2 heterocycles. The van der Waals surface area contributed by atoms with Gasteiger partial charge in [-0.15, -0.1) is 0 Å². The first kappa shape index (κ1) is 15.3. The first-order chi connectivity index (χ1) is 11.1. The summed E-state index contributed by atoms with van der Waals surface area (Å²) < 4.78 is 6.68. The lowest BCUT2D eigenvalue weighted by molar-refractivity contribution is 0.0526. The molecule has 3 aromatic rings. The zero-order valence-corrected chi connectivity index (χ0v) is 13.5. The molecule has 0 saturated heterocycles. The molecule has 7 heteroatoms. The summed E-state index contributed by atoms with van der Waals surface area (Å²) >= 11 is 6.17. The average Bonchev–Trinajstić information content (AvgIpc) is 3.00. The maximum atomic E-state index is 11.8. The van der Waals surface area contributed by atoms with E-state index in [4.69, 9.17) is 16.3 Å². The number of nitrogens with zero attached hydrogens (tertiary/aromatic N) is 3. The fourth-order valence-corrected chi connectivity index (χ4v) is 2.39. The Hall–Kier alpha value is -2.60. The number of nitrogens with one attached hydrogen (secondary N) is 1. The Labute approximate surface area is 138 Å². The minimum Gasteiger partial charge on any atom is -0.462 e. The maximum absolute atomic E-state index is 11.8. The van der Waals surface area contributed by atoms with E-state index in [0.717, 1.165) is 11.3 Å². The summed E-state index contributed by atoms with van der Waals surface area (Å²) in [4.78, 5) is 16.1. The molecule has 0 atom stereocenters. The van der Waals surface area contributed by atoms with Gasteiger partial charge in [-0.1, -0.05) is 17.7 Å². The van der Waals surface area contributed by atoms with E-state index in [2.05, 4.69) is 15.4 Å². The van der Waals surface area contributed by atoms with Gasteiger partial charge in [0.25, 0.3) is 0 Å². The van der Waals surface area contributed by atoms with Gasteiger partial charge in [-0.05, 0) is 32.0 Å². The van der Waals surface area contributed by atoms with Gasteiger partial charge < -0.3 is 10.1 Å². The van der Waals surface area contributed by atoms with E-state index < -0.39 is 0 Å². The SMILES string of the molecule is CCOC(=O)c1cccc(Nc2c(C)c(Cl)nc3ccnn23)c1. The van der Waals surface area contributed by atoms with Crippen LogP contribution in [0.1, 0.15) is 22.8 Å².